The van der Waals surface area contributed by atoms with Gasteiger partial charge in [-0.2, -0.15) is 5.10 Å². The molecule has 0 radical (unpaired) electrons. The molecule has 1 aromatic carbocycles. The zero-order valence-corrected chi connectivity index (χ0v) is 18.9. The molecule has 8 heteroatoms. The summed E-state index contributed by atoms with van der Waals surface area (Å²) >= 11 is 1.48. The van der Waals surface area contributed by atoms with Gasteiger partial charge in [-0.1, -0.05) is 26.0 Å². The van der Waals surface area contributed by atoms with Crippen molar-refractivity contribution >= 4 is 34.4 Å². The minimum atomic E-state index is -0.265. The lowest BCUT2D eigenvalue weighted by Crippen LogP contribution is -2.33. The maximum absolute atomic E-state index is 13.2. The van der Waals surface area contributed by atoms with Crippen molar-refractivity contribution in [3.05, 3.63) is 65.2 Å². The number of H-pyrrole nitrogens is 1. The summed E-state index contributed by atoms with van der Waals surface area (Å²) in [7, 11) is 2.01. The lowest BCUT2D eigenvalue weighted by Gasteiger charge is -2.37. The largest absolute Gasteiger partial charge is 0.453 e. The molecule has 2 N–H and O–H groups in total. The molecule has 4 aromatic rings. The monoisotopic (exact) mass is 445 g/mol. The third-order valence-electron chi connectivity index (χ3n) is 6.28. The number of allylic oxidation sites excluding steroid dienone is 2. The number of imidazole rings is 1. The maximum atomic E-state index is 13.2. The molecule has 0 saturated heterocycles. The second-order valence-corrected chi connectivity index (χ2v) is 10.3. The molecule has 1 aliphatic heterocycles. The van der Waals surface area contributed by atoms with Gasteiger partial charge in [0.25, 0.3) is 0 Å². The molecule has 162 valence electrons. The smallest absolute Gasteiger partial charge is 0.176 e. The standard InChI is InChI=1S/C24H23N5O2S/c1-24(2)10-15-21(17(30)11-24)20(13-12-25-28-22(13)26-15)18-8-9-19(31-18)32-23-27-14-6-4-5-7-16(14)29(23)3/h4-9,12,20H,10-11H2,1-3H3,(H2,25,26,28). The van der Waals surface area contributed by atoms with Crippen LogP contribution in [0.25, 0.3) is 11.0 Å². The number of fused-ring (bicyclic) bond motifs is 2. The molecule has 32 heavy (non-hydrogen) atoms. The van der Waals surface area contributed by atoms with E-state index in [1.807, 2.05) is 43.6 Å². The molecule has 0 fully saturated rings. The highest BCUT2D eigenvalue weighted by atomic mass is 32.2. The molecule has 2 aliphatic rings. The number of ketones is 1. The molecule has 1 aliphatic carbocycles. The van der Waals surface area contributed by atoms with Gasteiger partial charge in [0.15, 0.2) is 21.8 Å². The third-order valence-corrected chi connectivity index (χ3v) is 7.25. The molecule has 0 spiro atoms. The van der Waals surface area contributed by atoms with Crippen LogP contribution < -0.4 is 5.32 Å². The van der Waals surface area contributed by atoms with Crippen LogP contribution in [0.2, 0.25) is 0 Å². The van der Waals surface area contributed by atoms with E-state index in [9.17, 15) is 4.79 Å². The van der Waals surface area contributed by atoms with Gasteiger partial charge in [0.1, 0.15) is 5.76 Å². The Morgan fingerprint density at radius 1 is 1.19 bits per heavy atom. The van der Waals surface area contributed by atoms with Crippen LogP contribution in [0.5, 0.6) is 0 Å². The number of nitrogens with one attached hydrogen (secondary N) is 2. The molecular weight excluding hydrogens is 422 g/mol. The van der Waals surface area contributed by atoms with Crippen molar-refractivity contribution in [3.8, 4) is 0 Å². The molecule has 3 aromatic heterocycles. The van der Waals surface area contributed by atoms with E-state index in [4.69, 9.17) is 9.40 Å². The lowest BCUT2D eigenvalue weighted by molar-refractivity contribution is -0.118. The highest BCUT2D eigenvalue weighted by Crippen LogP contribution is 2.49. The normalized spacial score (nSPS) is 19.7. The zero-order valence-electron chi connectivity index (χ0n) is 18.1. The van der Waals surface area contributed by atoms with E-state index >= 15 is 0 Å². The van der Waals surface area contributed by atoms with E-state index in [0.29, 0.717) is 6.42 Å². The van der Waals surface area contributed by atoms with Crippen LogP contribution >= 0.6 is 11.8 Å². The number of hydrogen-bond acceptors (Lipinski definition) is 6. The summed E-state index contributed by atoms with van der Waals surface area (Å²) in [5, 5.41) is 12.3. The molecule has 0 bridgehead atoms. The molecule has 1 unspecified atom stereocenters. The zero-order chi connectivity index (χ0) is 22.0. The van der Waals surface area contributed by atoms with E-state index in [0.717, 1.165) is 56.1 Å². The first kappa shape index (κ1) is 19.4. The van der Waals surface area contributed by atoms with E-state index < -0.39 is 0 Å². The summed E-state index contributed by atoms with van der Waals surface area (Å²) in [4.78, 5) is 17.9. The maximum Gasteiger partial charge on any atom is 0.176 e. The Hall–Kier alpha value is -3.26. The number of carbonyl (C=O) groups excluding carboxylic acids is 1. The number of aryl methyl sites for hydroxylation is 1. The molecule has 1 atom stereocenters. The number of nitrogens with zero attached hydrogens (tertiary/aromatic N) is 3. The minimum absolute atomic E-state index is 0.0777. The van der Waals surface area contributed by atoms with Crippen LogP contribution in [0, 0.1) is 5.41 Å². The second-order valence-electron chi connectivity index (χ2n) is 9.28. The Labute approximate surface area is 189 Å². The van der Waals surface area contributed by atoms with Crippen LogP contribution in [-0.2, 0) is 11.8 Å². The van der Waals surface area contributed by atoms with Gasteiger partial charge >= 0.3 is 0 Å². The minimum Gasteiger partial charge on any atom is -0.453 e. The van der Waals surface area contributed by atoms with Gasteiger partial charge in [0.2, 0.25) is 0 Å². The molecule has 0 amide bonds. The van der Waals surface area contributed by atoms with Gasteiger partial charge in [-0.25, -0.2) is 4.98 Å². The number of aromatic amines is 1. The summed E-state index contributed by atoms with van der Waals surface area (Å²) in [5.41, 5.74) is 4.64. The van der Waals surface area contributed by atoms with Gasteiger partial charge in [0.05, 0.1) is 17.0 Å². The van der Waals surface area contributed by atoms with Crippen molar-refractivity contribution in [3.63, 3.8) is 0 Å². The number of Topliss-reactive ketones (excluding diaryl/α,β-unsaturated/α-hetero) is 1. The lowest BCUT2D eigenvalue weighted by atomic mass is 9.70. The predicted octanol–water partition coefficient (Wildman–Crippen LogP) is 5.24. The number of rotatable bonds is 3. The fraction of sp³-hybridized carbons (Fsp3) is 0.292. The van der Waals surface area contributed by atoms with Crippen LogP contribution in [0.15, 0.2) is 68.5 Å². The molecule has 7 nitrogen and oxygen atoms in total. The summed E-state index contributed by atoms with van der Waals surface area (Å²) < 4.78 is 8.37. The fourth-order valence-corrected chi connectivity index (χ4v) is 5.68. The molecule has 0 saturated carbocycles. The Morgan fingerprint density at radius 2 is 2.03 bits per heavy atom. The number of benzene rings is 1. The van der Waals surface area contributed by atoms with E-state index in [1.54, 1.807) is 0 Å². The Bertz CT molecular complexity index is 1410. The quantitative estimate of drug-likeness (QED) is 0.448. The highest BCUT2D eigenvalue weighted by Gasteiger charge is 2.42. The summed E-state index contributed by atoms with van der Waals surface area (Å²) in [6, 6.07) is 12.0. The Balaban J connectivity index is 1.39. The van der Waals surface area contributed by atoms with Gasteiger partial charge in [-0.3, -0.25) is 9.89 Å². The van der Waals surface area contributed by atoms with Crippen molar-refractivity contribution in [2.24, 2.45) is 12.5 Å². The van der Waals surface area contributed by atoms with Gasteiger partial charge < -0.3 is 14.3 Å². The summed E-state index contributed by atoms with van der Waals surface area (Å²) in [5.74, 6) is 1.41. The van der Waals surface area contributed by atoms with Crippen LogP contribution in [0.4, 0.5) is 5.82 Å². The van der Waals surface area contributed by atoms with Crippen LogP contribution in [0.1, 0.15) is 43.9 Å². The van der Waals surface area contributed by atoms with Crippen LogP contribution in [-0.4, -0.2) is 25.5 Å². The third kappa shape index (κ3) is 3.01. The van der Waals surface area contributed by atoms with Gasteiger partial charge in [-0.05, 0) is 47.9 Å². The highest BCUT2D eigenvalue weighted by molar-refractivity contribution is 7.99. The predicted molar refractivity (Wildman–Crippen MR) is 123 cm³/mol. The fourth-order valence-electron chi connectivity index (χ4n) is 4.84. The topological polar surface area (TPSA) is 88.7 Å². The SMILES string of the molecule is Cn1c(Sc2ccc(C3C4=C(CC(C)(C)CC4=O)Nc4n[nH]cc43)o2)nc2ccccc21. The molecule has 4 heterocycles. The average Bonchev–Trinajstić information content (AvgIpc) is 3.46. The van der Waals surface area contributed by atoms with Crippen molar-refractivity contribution in [2.45, 2.75) is 42.9 Å². The van der Waals surface area contributed by atoms with E-state index in [1.165, 1.54) is 11.8 Å². The summed E-state index contributed by atoms with van der Waals surface area (Å²) in [6.45, 7) is 4.26. The average molecular weight is 446 g/mol. The number of para-hydroxylation sites is 2. The first-order valence-corrected chi connectivity index (χ1v) is 11.5. The Morgan fingerprint density at radius 3 is 2.88 bits per heavy atom. The van der Waals surface area contributed by atoms with Crippen molar-refractivity contribution in [1.29, 1.82) is 0 Å². The number of hydrogen-bond donors (Lipinski definition) is 2. The van der Waals surface area contributed by atoms with Crippen molar-refractivity contribution in [2.75, 3.05) is 5.32 Å². The van der Waals surface area contributed by atoms with E-state index in [-0.39, 0.29) is 17.1 Å². The Kier molecular flexibility index (Phi) is 4.17. The van der Waals surface area contributed by atoms with Gasteiger partial charge in [0, 0.05) is 36.5 Å². The molecule has 6 rings (SSSR count). The first-order valence-electron chi connectivity index (χ1n) is 10.7. The summed E-state index contributed by atoms with van der Waals surface area (Å²) in [6.07, 6.45) is 3.18. The number of aromatic nitrogens is 4. The number of anilines is 1. The number of carbonyl (C=O) groups is 1. The van der Waals surface area contributed by atoms with Gasteiger partial charge in [-0.15, -0.1) is 0 Å². The van der Waals surface area contributed by atoms with Crippen molar-refractivity contribution < 1.29 is 9.21 Å². The van der Waals surface area contributed by atoms with Crippen molar-refractivity contribution in [1.82, 2.24) is 19.7 Å². The van der Waals surface area contributed by atoms with E-state index in [2.05, 4.69) is 40.0 Å². The first-order chi connectivity index (χ1) is 15.4. The number of furan rings is 1. The molecular formula is C24H23N5O2S. The van der Waals surface area contributed by atoms with Crippen LogP contribution in [0.3, 0.4) is 0 Å². The second kappa shape index (κ2) is 6.87.